The zero-order chi connectivity index (χ0) is 24.3. The van der Waals surface area contributed by atoms with Crippen molar-refractivity contribution >= 4 is 11.8 Å². The molecule has 7 nitrogen and oxygen atoms in total. The molecule has 1 aliphatic heterocycles. The summed E-state index contributed by atoms with van der Waals surface area (Å²) in [5, 5.41) is 8.02. The van der Waals surface area contributed by atoms with Crippen LogP contribution in [0.15, 0.2) is 30.3 Å². The molecule has 184 valence electrons. The molecule has 1 atom stereocenters. The molecule has 7 heteroatoms. The molecule has 0 spiro atoms. The molecular weight excluding hydrogens is 428 g/mol. The molecule has 1 aromatic heterocycles. The van der Waals surface area contributed by atoms with E-state index in [0.29, 0.717) is 31.3 Å². The van der Waals surface area contributed by atoms with Crippen LogP contribution in [0, 0.1) is 5.92 Å². The first kappa shape index (κ1) is 24.3. The Morgan fingerprint density at radius 2 is 1.91 bits per heavy atom. The van der Waals surface area contributed by atoms with E-state index < -0.39 is 5.54 Å². The fraction of sp³-hybridized carbons (Fsp3) is 0.593. The van der Waals surface area contributed by atoms with Crippen molar-refractivity contribution in [1.29, 1.82) is 0 Å². The number of rotatable bonds is 8. The Kier molecular flexibility index (Phi) is 7.29. The second-order valence-electron chi connectivity index (χ2n) is 10.3. The number of fused-ring (bicyclic) bond motifs is 1. The van der Waals surface area contributed by atoms with Crippen LogP contribution in [0.5, 0.6) is 5.75 Å². The SMILES string of the molecule is CCOc1ccc(-c2cc3n(n2)CC(C)(C(=O)NC2CCCCC2)N(CCC(C)C)C3=O)cc1. The summed E-state index contributed by atoms with van der Waals surface area (Å²) in [4.78, 5) is 29.1. The highest BCUT2D eigenvalue weighted by Gasteiger charge is 2.48. The van der Waals surface area contributed by atoms with Gasteiger partial charge in [-0.05, 0) is 69.4 Å². The summed E-state index contributed by atoms with van der Waals surface area (Å²) in [6, 6.07) is 9.77. The van der Waals surface area contributed by atoms with Crippen LogP contribution in [-0.2, 0) is 11.3 Å². The number of aromatic nitrogens is 2. The molecule has 1 unspecified atom stereocenters. The van der Waals surface area contributed by atoms with E-state index in [4.69, 9.17) is 9.84 Å². The minimum Gasteiger partial charge on any atom is -0.494 e. The summed E-state index contributed by atoms with van der Waals surface area (Å²) in [5.41, 5.74) is 1.21. The van der Waals surface area contributed by atoms with Crippen molar-refractivity contribution in [3.63, 3.8) is 0 Å². The van der Waals surface area contributed by atoms with Gasteiger partial charge >= 0.3 is 0 Å². The molecule has 1 fully saturated rings. The van der Waals surface area contributed by atoms with Gasteiger partial charge in [-0.2, -0.15) is 5.10 Å². The summed E-state index contributed by atoms with van der Waals surface area (Å²) < 4.78 is 7.26. The van der Waals surface area contributed by atoms with Crippen LogP contribution in [0.25, 0.3) is 11.3 Å². The van der Waals surface area contributed by atoms with Crippen molar-refractivity contribution in [1.82, 2.24) is 20.0 Å². The Labute approximate surface area is 202 Å². The van der Waals surface area contributed by atoms with Gasteiger partial charge in [-0.15, -0.1) is 0 Å². The summed E-state index contributed by atoms with van der Waals surface area (Å²) in [5.74, 6) is 1.04. The molecule has 1 saturated carbocycles. The van der Waals surface area contributed by atoms with Gasteiger partial charge in [0.2, 0.25) is 5.91 Å². The van der Waals surface area contributed by atoms with Gasteiger partial charge in [0.25, 0.3) is 5.91 Å². The lowest BCUT2D eigenvalue weighted by atomic mass is 9.91. The number of nitrogens with one attached hydrogen (secondary N) is 1. The number of hydrogen-bond acceptors (Lipinski definition) is 4. The fourth-order valence-electron chi connectivity index (χ4n) is 5.00. The van der Waals surface area contributed by atoms with E-state index in [2.05, 4.69) is 19.2 Å². The van der Waals surface area contributed by atoms with Crippen LogP contribution in [0.4, 0.5) is 0 Å². The third-order valence-corrected chi connectivity index (χ3v) is 7.12. The molecule has 2 aromatic rings. The van der Waals surface area contributed by atoms with Gasteiger partial charge in [-0.1, -0.05) is 33.1 Å². The van der Waals surface area contributed by atoms with Crippen molar-refractivity contribution in [2.75, 3.05) is 13.2 Å². The zero-order valence-electron chi connectivity index (χ0n) is 21.0. The molecule has 1 aliphatic carbocycles. The number of hydrogen-bond donors (Lipinski definition) is 1. The molecule has 0 saturated heterocycles. The van der Waals surface area contributed by atoms with Crippen molar-refractivity contribution in [2.24, 2.45) is 5.92 Å². The highest BCUT2D eigenvalue weighted by molar-refractivity contribution is 6.00. The average molecular weight is 467 g/mol. The molecular formula is C27H38N4O3. The van der Waals surface area contributed by atoms with Crippen LogP contribution in [0.1, 0.15) is 76.7 Å². The maximum absolute atomic E-state index is 13.7. The lowest BCUT2D eigenvalue weighted by Gasteiger charge is -2.44. The Hall–Kier alpha value is -2.83. The number of benzene rings is 1. The predicted molar refractivity (Wildman–Crippen MR) is 133 cm³/mol. The minimum atomic E-state index is -0.974. The first-order valence-corrected chi connectivity index (χ1v) is 12.8. The number of ether oxygens (including phenoxy) is 1. The highest BCUT2D eigenvalue weighted by Crippen LogP contribution is 2.32. The van der Waals surface area contributed by atoms with Crippen LogP contribution < -0.4 is 10.1 Å². The fourth-order valence-corrected chi connectivity index (χ4v) is 5.00. The van der Waals surface area contributed by atoms with E-state index >= 15 is 0 Å². The maximum atomic E-state index is 13.7. The second-order valence-corrected chi connectivity index (χ2v) is 10.3. The van der Waals surface area contributed by atoms with Crippen molar-refractivity contribution < 1.29 is 14.3 Å². The summed E-state index contributed by atoms with van der Waals surface area (Å²) in [6.07, 6.45) is 6.39. The number of nitrogens with zero attached hydrogens (tertiary/aromatic N) is 3. The van der Waals surface area contributed by atoms with Crippen LogP contribution in [-0.4, -0.2) is 51.2 Å². The predicted octanol–water partition coefficient (Wildman–Crippen LogP) is 4.66. The minimum absolute atomic E-state index is 0.0692. The van der Waals surface area contributed by atoms with Crippen LogP contribution in [0.3, 0.4) is 0 Å². The molecule has 34 heavy (non-hydrogen) atoms. The Bertz CT molecular complexity index is 1010. The van der Waals surface area contributed by atoms with Gasteiger partial charge < -0.3 is 15.0 Å². The van der Waals surface area contributed by atoms with Crippen molar-refractivity contribution in [2.45, 2.75) is 84.3 Å². The van der Waals surface area contributed by atoms with Gasteiger partial charge in [0, 0.05) is 18.2 Å². The number of amides is 2. The largest absolute Gasteiger partial charge is 0.494 e. The van der Waals surface area contributed by atoms with E-state index in [-0.39, 0.29) is 17.9 Å². The Morgan fingerprint density at radius 1 is 1.21 bits per heavy atom. The zero-order valence-corrected chi connectivity index (χ0v) is 21.0. The van der Waals surface area contributed by atoms with Crippen molar-refractivity contribution in [3.05, 3.63) is 36.0 Å². The number of carbonyl (C=O) groups is 2. The van der Waals surface area contributed by atoms with Gasteiger partial charge in [0.1, 0.15) is 17.0 Å². The van der Waals surface area contributed by atoms with Gasteiger partial charge in [0.15, 0.2) is 0 Å². The molecule has 1 aromatic carbocycles. The molecule has 4 rings (SSSR count). The summed E-state index contributed by atoms with van der Waals surface area (Å²) in [6.45, 7) is 9.64. The highest BCUT2D eigenvalue weighted by atomic mass is 16.5. The lowest BCUT2D eigenvalue weighted by Crippen LogP contribution is -2.65. The molecule has 0 bridgehead atoms. The third kappa shape index (κ3) is 4.98. The Balaban J connectivity index is 1.63. The summed E-state index contributed by atoms with van der Waals surface area (Å²) in [7, 11) is 0. The average Bonchev–Trinajstić information content (AvgIpc) is 3.24. The molecule has 1 N–H and O–H groups in total. The topological polar surface area (TPSA) is 76.5 Å². The van der Waals surface area contributed by atoms with Gasteiger partial charge in [0.05, 0.1) is 18.8 Å². The molecule has 2 aliphatic rings. The smallest absolute Gasteiger partial charge is 0.273 e. The van der Waals surface area contributed by atoms with Gasteiger partial charge in [-0.25, -0.2) is 0 Å². The monoisotopic (exact) mass is 466 g/mol. The molecule has 2 heterocycles. The van der Waals surface area contributed by atoms with E-state index in [1.807, 2.05) is 44.2 Å². The van der Waals surface area contributed by atoms with Crippen molar-refractivity contribution in [3.8, 4) is 17.0 Å². The van der Waals surface area contributed by atoms with Gasteiger partial charge in [-0.3, -0.25) is 14.3 Å². The van der Waals surface area contributed by atoms with E-state index in [0.717, 1.165) is 49.1 Å². The van der Waals surface area contributed by atoms with E-state index in [1.54, 1.807) is 9.58 Å². The van der Waals surface area contributed by atoms with E-state index in [1.165, 1.54) is 6.42 Å². The Morgan fingerprint density at radius 3 is 2.56 bits per heavy atom. The third-order valence-electron chi connectivity index (χ3n) is 7.12. The normalized spacial score (nSPS) is 21.0. The van der Waals surface area contributed by atoms with Crippen LogP contribution in [0.2, 0.25) is 0 Å². The maximum Gasteiger partial charge on any atom is 0.273 e. The molecule has 2 amide bonds. The standard InChI is InChI=1S/C27H38N4O3/c1-5-34-22-13-11-20(12-14-22)23-17-24-25(32)30(16-15-19(2)3)27(4,18-31(24)29-23)26(33)28-21-9-7-6-8-10-21/h11-14,17,19,21H,5-10,15-16,18H2,1-4H3,(H,28,33). The van der Waals surface area contributed by atoms with E-state index in [9.17, 15) is 9.59 Å². The first-order chi connectivity index (χ1) is 16.3. The lowest BCUT2D eigenvalue weighted by molar-refractivity contribution is -0.134. The molecule has 0 radical (unpaired) electrons. The number of carbonyl (C=O) groups excluding carboxylic acids is 2. The summed E-state index contributed by atoms with van der Waals surface area (Å²) >= 11 is 0. The quantitative estimate of drug-likeness (QED) is 0.614. The first-order valence-electron chi connectivity index (χ1n) is 12.8. The van der Waals surface area contributed by atoms with Crippen LogP contribution >= 0.6 is 0 Å². The second kappa shape index (κ2) is 10.2.